The molecule has 0 spiro atoms. The van der Waals surface area contributed by atoms with Crippen molar-refractivity contribution in [3.63, 3.8) is 0 Å². The monoisotopic (exact) mass is 497 g/mol. The third-order valence-corrected chi connectivity index (χ3v) is 7.96. The number of nitrogens with one attached hydrogen (secondary N) is 3. The molecular weight excluding hydrogens is 474 g/mol. The van der Waals surface area contributed by atoms with E-state index in [1.54, 1.807) is 65.4 Å². The standard InChI is InChI=1S/C24H24ClN5O3S/c1-3-11-29(2)23(26)16-4-6-17(7-5-16)24(30-12-10-27-21(31)15-30)34(32,33)22-14-18-13-19(25)8-9-20(18)28-22/h1,4-9,13-14,24,26,28H,10-12,15H2,2H3,(H,27,31). The number of H-pyrrole nitrogens is 1. The average Bonchev–Trinajstić information content (AvgIpc) is 3.23. The van der Waals surface area contributed by atoms with Gasteiger partial charge >= 0.3 is 0 Å². The Morgan fingerprint density at radius 1 is 1.26 bits per heavy atom. The fraction of sp³-hybridized carbons (Fsp3) is 0.250. The summed E-state index contributed by atoms with van der Waals surface area (Å²) in [6.45, 7) is 0.972. The molecule has 1 aliphatic heterocycles. The van der Waals surface area contributed by atoms with E-state index in [9.17, 15) is 13.2 Å². The normalized spacial score (nSPS) is 15.5. The molecule has 3 aromatic rings. The Balaban J connectivity index is 1.75. The highest BCUT2D eigenvalue weighted by Gasteiger charge is 2.37. The number of amides is 1. The van der Waals surface area contributed by atoms with E-state index in [0.717, 1.165) is 0 Å². The van der Waals surface area contributed by atoms with E-state index < -0.39 is 15.2 Å². The number of carbonyl (C=O) groups is 1. The number of amidine groups is 1. The number of hydrogen-bond donors (Lipinski definition) is 3. The van der Waals surface area contributed by atoms with Gasteiger partial charge in [0.1, 0.15) is 16.2 Å². The molecule has 0 bridgehead atoms. The van der Waals surface area contributed by atoms with Crippen molar-refractivity contribution in [3.05, 3.63) is 64.7 Å². The van der Waals surface area contributed by atoms with Crippen LogP contribution in [-0.4, -0.2) is 68.2 Å². The molecule has 3 N–H and O–H groups in total. The van der Waals surface area contributed by atoms with Gasteiger partial charge in [0.15, 0.2) is 0 Å². The van der Waals surface area contributed by atoms with Gasteiger partial charge in [-0.1, -0.05) is 41.8 Å². The van der Waals surface area contributed by atoms with E-state index >= 15 is 0 Å². The predicted molar refractivity (Wildman–Crippen MR) is 133 cm³/mol. The van der Waals surface area contributed by atoms with Crippen LogP contribution in [0.2, 0.25) is 5.02 Å². The molecule has 8 nitrogen and oxygen atoms in total. The third-order valence-electron chi connectivity index (χ3n) is 5.74. The maximum absolute atomic E-state index is 13.9. The van der Waals surface area contributed by atoms with Crippen molar-refractivity contribution in [1.29, 1.82) is 5.41 Å². The third kappa shape index (κ3) is 4.66. The number of hydrogen-bond acceptors (Lipinski definition) is 5. The van der Waals surface area contributed by atoms with Gasteiger partial charge in [-0.25, -0.2) is 8.42 Å². The van der Waals surface area contributed by atoms with Crippen molar-refractivity contribution in [2.24, 2.45) is 0 Å². The molecule has 1 atom stereocenters. The van der Waals surface area contributed by atoms with Gasteiger partial charge in [-0.15, -0.1) is 6.42 Å². The van der Waals surface area contributed by atoms with Crippen molar-refractivity contribution < 1.29 is 13.2 Å². The van der Waals surface area contributed by atoms with Gasteiger partial charge in [-0.05, 0) is 29.8 Å². The molecule has 176 valence electrons. The zero-order valence-corrected chi connectivity index (χ0v) is 20.1. The molecule has 2 heterocycles. The first-order valence-corrected chi connectivity index (χ1v) is 12.5. The van der Waals surface area contributed by atoms with Crippen molar-refractivity contribution in [1.82, 2.24) is 20.1 Å². The maximum Gasteiger partial charge on any atom is 0.234 e. The first-order valence-electron chi connectivity index (χ1n) is 10.6. The second-order valence-corrected chi connectivity index (χ2v) is 10.5. The summed E-state index contributed by atoms with van der Waals surface area (Å²) in [6.07, 6.45) is 5.34. The van der Waals surface area contributed by atoms with Gasteiger partial charge < -0.3 is 15.2 Å². The summed E-state index contributed by atoms with van der Waals surface area (Å²) in [4.78, 5) is 18.4. The van der Waals surface area contributed by atoms with Gasteiger partial charge in [0.25, 0.3) is 0 Å². The summed E-state index contributed by atoms with van der Waals surface area (Å²) in [5.41, 5.74) is 1.76. The maximum atomic E-state index is 13.9. The zero-order chi connectivity index (χ0) is 24.5. The lowest BCUT2D eigenvalue weighted by molar-refractivity contribution is -0.124. The predicted octanol–water partition coefficient (Wildman–Crippen LogP) is 2.62. The zero-order valence-electron chi connectivity index (χ0n) is 18.5. The van der Waals surface area contributed by atoms with Crippen LogP contribution >= 0.6 is 11.6 Å². The number of aromatic amines is 1. The average molecular weight is 498 g/mol. The van der Waals surface area contributed by atoms with E-state index in [1.165, 1.54) is 0 Å². The highest BCUT2D eigenvalue weighted by atomic mass is 35.5. The Bertz CT molecular complexity index is 1390. The number of carbonyl (C=O) groups excluding carboxylic acids is 1. The number of piperazine rings is 1. The minimum atomic E-state index is -3.95. The van der Waals surface area contributed by atoms with Gasteiger partial charge in [-0.2, -0.15) is 0 Å². The SMILES string of the molecule is C#CCN(C)C(=N)c1ccc(C(N2CCNC(=O)C2)S(=O)(=O)c2cc3cc(Cl)ccc3[nH]2)cc1. The molecule has 0 saturated carbocycles. The largest absolute Gasteiger partial charge is 0.354 e. The molecule has 0 radical (unpaired) electrons. The second-order valence-electron chi connectivity index (χ2n) is 8.11. The Morgan fingerprint density at radius 2 is 2.00 bits per heavy atom. The van der Waals surface area contributed by atoms with Crippen molar-refractivity contribution in [3.8, 4) is 12.3 Å². The summed E-state index contributed by atoms with van der Waals surface area (Å²) in [6, 6.07) is 13.4. The van der Waals surface area contributed by atoms with Crippen molar-refractivity contribution >= 4 is 44.1 Å². The molecule has 1 amide bonds. The van der Waals surface area contributed by atoms with E-state index in [4.69, 9.17) is 23.4 Å². The Kier molecular flexibility index (Phi) is 6.66. The fourth-order valence-electron chi connectivity index (χ4n) is 4.04. The molecule has 0 aliphatic carbocycles. The van der Waals surface area contributed by atoms with Crippen LogP contribution in [0.15, 0.2) is 53.6 Å². The van der Waals surface area contributed by atoms with Gasteiger partial charge in [0.05, 0.1) is 13.1 Å². The summed E-state index contributed by atoms with van der Waals surface area (Å²) >= 11 is 6.07. The molecule has 34 heavy (non-hydrogen) atoms. The smallest absolute Gasteiger partial charge is 0.234 e. The van der Waals surface area contributed by atoms with Gasteiger partial charge in [-0.3, -0.25) is 15.1 Å². The molecule has 1 unspecified atom stereocenters. The van der Waals surface area contributed by atoms with Gasteiger partial charge in [0.2, 0.25) is 15.7 Å². The van der Waals surface area contributed by atoms with E-state index in [-0.39, 0.29) is 29.9 Å². The molecular formula is C24H24ClN5O3S. The number of fused-ring (bicyclic) bond motifs is 1. The topological polar surface area (TPSA) is 109 Å². The summed E-state index contributed by atoms with van der Waals surface area (Å²) in [7, 11) is -2.23. The summed E-state index contributed by atoms with van der Waals surface area (Å²) < 4.78 is 27.8. The van der Waals surface area contributed by atoms with Crippen LogP contribution in [-0.2, 0) is 14.6 Å². The van der Waals surface area contributed by atoms with E-state index in [1.807, 2.05) is 0 Å². The highest BCUT2D eigenvalue weighted by Crippen LogP contribution is 2.34. The molecule has 1 fully saturated rings. The number of rotatable bonds is 6. The molecule has 1 aromatic heterocycles. The Labute approximate surface area is 203 Å². The number of terminal acetylenes is 1. The molecule has 4 rings (SSSR count). The number of aromatic nitrogens is 1. The van der Waals surface area contributed by atoms with Crippen LogP contribution in [0.1, 0.15) is 16.5 Å². The van der Waals surface area contributed by atoms with E-state index in [2.05, 4.69) is 16.2 Å². The Hall–Kier alpha value is -3.32. The number of nitrogens with zero attached hydrogens (tertiary/aromatic N) is 2. The second kappa shape index (κ2) is 9.50. The molecule has 2 aromatic carbocycles. The van der Waals surface area contributed by atoms with Crippen LogP contribution in [0.25, 0.3) is 10.9 Å². The van der Waals surface area contributed by atoms with Crippen LogP contribution in [0.5, 0.6) is 0 Å². The van der Waals surface area contributed by atoms with Gasteiger partial charge in [0, 0.05) is 41.6 Å². The first-order chi connectivity index (χ1) is 16.2. The minimum Gasteiger partial charge on any atom is -0.354 e. The first kappa shape index (κ1) is 23.8. The summed E-state index contributed by atoms with van der Waals surface area (Å²) in [5.74, 6) is 2.49. The highest BCUT2D eigenvalue weighted by molar-refractivity contribution is 7.91. The number of sulfone groups is 1. The van der Waals surface area contributed by atoms with Crippen LogP contribution in [0, 0.1) is 17.8 Å². The number of benzene rings is 2. The fourth-order valence-corrected chi connectivity index (χ4v) is 6.09. The van der Waals surface area contributed by atoms with Crippen LogP contribution in [0.4, 0.5) is 0 Å². The van der Waals surface area contributed by atoms with E-state index in [0.29, 0.717) is 40.1 Å². The molecule has 10 heteroatoms. The minimum absolute atomic E-state index is 0.0432. The lowest BCUT2D eigenvalue weighted by atomic mass is 10.1. The molecule has 1 saturated heterocycles. The van der Waals surface area contributed by atoms with Crippen LogP contribution in [0.3, 0.4) is 0 Å². The number of halogens is 1. The lowest BCUT2D eigenvalue weighted by Gasteiger charge is -2.33. The van der Waals surface area contributed by atoms with Crippen molar-refractivity contribution in [2.75, 3.05) is 33.2 Å². The van der Waals surface area contributed by atoms with Crippen molar-refractivity contribution in [2.45, 2.75) is 10.4 Å². The molecule has 1 aliphatic rings. The quantitative estimate of drug-likeness (QED) is 0.275. The van der Waals surface area contributed by atoms with Crippen LogP contribution < -0.4 is 5.32 Å². The Morgan fingerprint density at radius 3 is 2.68 bits per heavy atom. The summed E-state index contributed by atoms with van der Waals surface area (Å²) in [5, 5.41) is 11.2. The lowest BCUT2D eigenvalue weighted by Crippen LogP contribution is -2.50.